The third kappa shape index (κ3) is 6.58. The van der Waals surface area contributed by atoms with Gasteiger partial charge in [-0.25, -0.2) is 0 Å². The fourth-order valence-corrected chi connectivity index (χ4v) is 2.46. The van der Waals surface area contributed by atoms with E-state index in [1.807, 2.05) is 0 Å². The van der Waals surface area contributed by atoms with E-state index in [1.165, 1.54) is 4.90 Å². The average Bonchev–Trinajstić information content (AvgIpc) is 2.69. The van der Waals surface area contributed by atoms with Crippen molar-refractivity contribution in [3.8, 4) is 0 Å². The van der Waals surface area contributed by atoms with Gasteiger partial charge in [-0.05, 0) is 31.3 Å². The van der Waals surface area contributed by atoms with Gasteiger partial charge in [-0.1, -0.05) is 13.8 Å². The van der Waals surface area contributed by atoms with Gasteiger partial charge in [0.05, 0.1) is 13.2 Å². The van der Waals surface area contributed by atoms with Crippen LogP contribution < -0.4 is 5.32 Å². The Balaban J connectivity index is 2.28. The lowest BCUT2D eigenvalue weighted by molar-refractivity contribution is -0.143. The molecule has 1 heterocycles. The van der Waals surface area contributed by atoms with E-state index in [-0.39, 0.29) is 6.04 Å². The second-order valence-electron chi connectivity index (χ2n) is 5.72. The zero-order chi connectivity index (χ0) is 14.5. The van der Waals surface area contributed by atoms with Crippen LogP contribution in [0.3, 0.4) is 0 Å². The number of halogens is 3. The summed E-state index contributed by atoms with van der Waals surface area (Å²) >= 11 is 0. The van der Waals surface area contributed by atoms with Crippen molar-refractivity contribution in [2.75, 3.05) is 39.9 Å². The first-order valence-electron chi connectivity index (χ1n) is 6.83. The van der Waals surface area contributed by atoms with Crippen molar-refractivity contribution in [2.45, 2.75) is 32.5 Å². The molecule has 0 radical (unpaired) electrons. The van der Waals surface area contributed by atoms with Gasteiger partial charge in [-0.3, -0.25) is 4.90 Å². The van der Waals surface area contributed by atoms with E-state index >= 15 is 0 Å². The van der Waals surface area contributed by atoms with Crippen molar-refractivity contribution < 1.29 is 17.9 Å². The molecule has 2 unspecified atom stereocenters. The van der Waals surface area contributed by atoms with Gasteiger partial charge in [0.15, 0.2) is 0 Å². The molecule has 0 amide bonds. The molecule has 2 atom stereocenters. The third-order valence-electron chi connectivity index (χ3n) is 3.59. The minimum absolute atomic E-state index is 0.265. The molecule has 0 aromatic heterocycles. The lowest BCUT2D eigenvalue weighted by Gasteiger charge is -2.24. The number of ether oxygens (including phenoxy) is 1. The molecule has 1 fully saturated rings. The molecule has 0 aromatic rings. The summed E-state index contributed by atoms with van der Waals surface area (Å²) in [6.45, 7) is 5.92. The highest BCUT2D eigenvalue weighted by Crippen LogP contribution is 2.22. The maximum absolute atomic E-state index is 12.3. The standard InChI is InChI=1S/C13H25F3N2O/c1-10(2)12(8-19-3)17-6-11-4-5-18(7-11)9-13(14,15)16/h10-12,17H,4-9H2,1-3H3. The monoisotopic (exact) mass is 282 g/mol. The number of nitrogens with zero attached hydrogens (tertiary/aromatic N) is 1. The second-order valence-corrected chi connectivity index (χ2v) is 5.72. The van der Waals surface area contributed by atoms with E-state index in [4.69, 9.17) is 4.74 Å². The summed E-state index contributed by atoms with van der Waals surface area (Å²) in [6, 6.07) is 0.265. The van der Waals surface area contributed by atoms with Crippen LogP contribution in [0.15, 0.2) is 0 Å². The van der Waals surface area contributed by atoms with Crippen LogP contribution in [0.1, 0.15) is 20.3 Å². The molecule has 1 aliphatic rings. The first kappa shape index (κ1) is 16.7. The molecule has 6 heteroatoms. The summed E-state index contributed by atoms with van der Waals surface area (Å²) in [6.07, 6.45) is -3.25. The number of likely N-dealkylation sites (tertiary alicyclic amines) is 1. The first-order chi connectivity index (χ1) is 8.81. The molecular weight excluding hydrogens is 257 g/mol. The van der Waals surface area contributed by atoms with E-state index in [0.29, 0.717) is 31.5 Å². The van der Waals surface area contributed by atoms with Crippen LogP contribution in [-0.4, -0.2) is 57.0 Å². The summed E-state index contributed by atoms with van der Waals surface area (Å²) < 4.78 is 42.0. The first-order valence-corrected chi connectivity index (χ1v) is 6.83. The number of methoxy groups -OCH3 is 1. The van der Waals surface area contributed by atoms with Gasteiger partial charge >= 0.3 is 6.18 Å². The van der Waals surface area contributed by atoms with Gasteiger partial charge in [-0.2, -0.15) is 13.2 Å². The smallest absolute Gasteiger partial charge is 0.383 e. The average molecular weight is 282 g/mol. The molecule has 19 heavy (non-hydrogen) atoms. The molecule has 3 nitrogen and oxygen atoms in total. The minimum Gasteiger partial charge on any atom is -0.383 e. The third-order valence-corrected chi connectivity index (χ3v) is 3.59. The zero-order valence-corrected chi connectivity index (χ0v) is 12.0. The molecule has 1 N–H and O–H groups in total. The van der Waals surface area contributed by atoms with Crippen molar-refractivity contribution in [3.63, 3.8) is 0 Å². The molecule has 1 saturated heterocycles. The van der Waals surface area contributed by atoms with Crippen molar-refractivity contribution in [2.24, 2.45) is 11.8 Å². The van der Waals surface area contributed by atoms with Crippen LogP contribution in [0.2, 0.25) is 0 Å². The number of alkyl halides is 3. The van der Waals surface area contributed by atoms with E-state index in [9.17, 15) is 13.2 Å². The van der Waals surface area contributed by atoms with Gasteiger partial charge in [0, 0.05) is 19.7 Å². The van der Waals surface area contributed by atoms with E-state index in [0.717, 1.165) is 13.0 Å². The van der Waals surface area contributed by atoms with Crippen molar-refractivity contribution >= 4 is 0 Å². The molecular formula is C13H25F3N2O. The lowest BCUT2D eigenvalue weighted by atomic mass is 10.0. The van der Waals surface area contributed by atoms with Crippen LogP contribution in [0.5, 0.6) is 0 Å². The quantitative estimate of drug-likeness (QED) is 0.774. The predicted octanol–water partition coefficient (Wildman–Crippen LogP) is 2.13. The summed E-state index contributed by atoms with van der Waals surface area (Å²) in [5.41, 5.74) is 0. The van der Waals surface area contributed by atoms with Gasteiger partial charge in [0.25, 0.3) is 0 Å². The normalized spacial score (nSPS) is 23.2. The Morgan fingerprint density at radius 3 is 2.58 bits per heavy atom. The Labute approximate surface area is 113 Å². The maximum Gasteiger partial charge on any atom is 0.401 e. The highest BCUT2D eigenvalue weighted by Gasteiger charge is 2.34. The Kier molecular flexibility index (Phi) is 6.56. The number of hydrogen-bond acceptors (Lipinski definition) is 3. The summed E-state index contributed by atoms with van der Waals surface area (Å²) in [5.74, 6) is 0.757. The van der Waals surface area contributed by atoms with Crippen LogP contribution in [0, 0.1) is 11.8 Å². The molecule has 0 aliphatic carbocycles. The highest BCUT2D eigenvalue weighted by atomic mass is 19.4. The Bertz CT molecular complexity index is 259. The SMILES string of the molecule is COCC(NCC1CCN(CC(F)(F)F)C1)C(C)C. The second kappa shape index (κ2) is 7.45. The van der Waals surface area contributed by atoms with Crippen LogP contribution in [0.4, 0.5) is 13.2 Å². The largest absolute Gasteiger partial charge is 0.401 e. The molecule has 0 saturated carbocycles. The lowest BCUT2D eigenvalue weighted by Crippen LogP contribution is -2.41. The van der Waals surface area contributed by atoms with Gasteiger partial charge in [0.1, 0.15) is 0 Å². The number of hydrogen-bond donors (Lipinski definition) is 1. The molecule has 0 spiro atoms. The maximum atomic E-state index is 12.3. The van der Waals surface area contributed by atoms with Crippen LogP contribution in [-0.2, 0) is 4.74 Å². The predicted molar refractivity (Wildman–Crippen MR) is 69.1 cm³/mol. The summed E-state index contributed by atoms with van der Waals surface area (Å²) in [7, 11) is 1.66. The fourth-order valence-electron chi connectivity index (χ4n) is 2.46. The summed E-state index contributed by atoms with van der Waals surface area (Å²) in [4.78, 5) is 1.49. The summed E-state index contributed by atoms with van der Waals surface area (Å²) in [5, 5.41) is 3.41. The molecule has 0 bridgehead atoms. The number of rotatable bonds is 7. The van der Waals surface area contributed by atoms with E-state index in [2.05, 4.69) is 19.2 Å². The Morgan fingerprint density at radius 1 is 1.37 bits per heavy atom. The Hall–Kier alpha value is -0.330. The molecule has 1 aliphatic heterocycles. The highest BCUT2D eigenvalue weighted by molar-refractivity contribution is 4.80. The Morgan fingerprint density at radius 2 is 2.05 bits per heavy atom. The fraction of sp³-hybridized carbons (Fsp3) is 1.00. The van der Waals surface area contributed by atoms with E-state index < -0.39 is 12.7 Å². The molecule has 114 valence electrons. The molecule has 1 rings (SSSR count). The van der Waals surface area contributed by atoms with Gasteiger partial charge in [-0.15, -0.1) is 0 Å². The van der Waals surface area contributed by atoms with Crippen molar-refractivity contribution in [1.82, 2.24) is 10.2 Å². The van der Waals surface area contributed by atoms with Crippen molar-refractivity contribution in [3.05, 3.63) is 0 Å². The van der Waals surface area contributed by atoms with Crippen LogP contribution in [0.25, 0.3) is 0 Å². The zero-order valence-electron chi connectivity index (χ0n) is 12.0. The molecule has 0 aromatic carbocycles. The van der Waals surface area contributed by atoms with Gasteiger partial charge < -0.3 is 10.1 Å². The number of nitrogens with one attached hydrogen (secondary N) is 1. The van der Waals surface area contributed by atoms with E-state index in [1.54, 1.807) is 7.11 Å². The topological polar surface area (TPSA) is 24.5 Å². The van der Waals surface area contributed by atoms with Crippen molar-refractivity contribution in [1.29, 1.82) is 0 Å². The van der Waals surface area contributed by atoms with Gasteiger partial charge in [0.2, 0.25) is 0 Å². The van der Waals surface area contributed by atoms with Crippen LogP contribution >= 0.6 is 0 Å². The minimum atomic E-state index is -4.08.